The molecule has 1 aliphatic carbocycles. The topological polar surface area (TPSA) is 12.0 Å². The molecule has 1 aliphatic rings. The number of nitrogens with one attached hydrogen (secondary N) is 1. The molecule has 1 atom stereocenters. The molecule has 18 heavy (non-hydrogen) atoms. The molecule has 2 rings (SSSR count). The first-order valence-electron chi connectivity index (χ1n) is 7.15. The van der Waals surface area contributed by atoms with Gasteiger partial charge in [-0.05, 0) is 37.3 Å². The summed E-state index contributed by atoms with van der Waals surface area (Å²) in [6.45, 7) is 5.41. The van der Waals surface area contributed by atoms with Crippen molar-refractivity contribution in [2.75, 3.05) is 6.54 Å². The van der Waals surface area contributed by atoms with Crippen LogP contribution in [0.1, 0.15) is 57.6 Å². The Balaban J connectivity index is 2.27. The molecule has 0 spiro atoms. The maximum absolute atomic E-state index is 14.1. The van der Waals surface area contributed by atoms with E-state index in [1.165, 1.54) is 25.7 Å². The summed E-state index contributed by atoms with van der Waals surface area (Å²) in [7, 11) is 0. The molecule has 0 bridgehead atoms. The first kappa shape index (κ1) is 13.5. The quantitative estimate of drug-likeness (QED) is 0.813. The van der Waals surface area contributed by atoms with Crippen molar-refractivity contribution in [3.8, 4) is 0 Å². The smallest absolute Gasteiger partial charge is 0.127 e. The van der Waals surface area contributed by atoms with Crippen molar-refractivity contribution in [3.63, 3.8) is 0 Å². The fourth-order valence-corrected chi connectivity index (χ4v) is 3.20. The largest absolute Gasteiger partial charge is 0.309 e. The lowest BCUT2D eigenvalue weighted by molar-refractivity contribution is 0.219. The molecule has 0 heterocycles. The third-order valence-corrected chi connectivity index (χ3v) is 4.26. The summed E-state index contributed by atoms with van der Waals surface area (Å²) in [6, 6.07) is 7.38. The highest BCUT2D eigenvalue weighted by atomic mass is 19.1. The van der Waals surface area contributed by atoms with Gasteiger partial charge in [0.15, 0.2) is 0 Å². The predicted molar refractivity (Wildman–Crippen MR) is 74.0 cm³/mol. The predicted octanol–water partition coefficient (Wildman–Crippen LogP) is 4.45. The van der Waals surface area contributed by atoms with Crippen LogP contribution in [-0.4, -0.2) is 6.54 Å². The minimum atomic E-state index is -0.0702. The lowest BCUT2D eigenvalue weighted by Crippen LogP contribution is -2.35. The molecule has 1 aromatic carbocycles. The summed E-state index contributed by atoms with van der Waals surface area (Å²) in [5, 5.41) is 3.57. The van der Waals surface area contributed by atoms with E-state index in [-0.39, 0.29) is 17.3 Å². The Morgan fingerprint density at radius 2 is 1.94 bits per heavy atom. The second kappa shape index (κ2) is 5.83. The Morgan fingerprint density at radius 1 is 1.28 bits per heavy atom. The molecular formula is C16H24FN. The van der Waals surface area contributed by atoms with Crippen LogP contribution in [0.2, 0.25) is 0 Å². The number of hydrogen-bond donors (Lipinski definition) is 1. The van der Waals surface area contributed by atoms with Crippen LogP contribution >= 0.6 is 0 Å². The maximum Gasteiger partial charge on any atom is 0.127 e. The van der Waals surface area contributed by atoms with Crippen LogP contribution in [0, 0.1) is 11.2 Å². The average molecular weight is 249 g/mol. The highest BCUT2D eigenvalue weighted by Crippen LogP contribution is 2.47. The van der Waals surface area contributed by atoms with Crippen molar-refractivity contribution in [3.05, 3.63) is 35.6 Å². The van der Waals surface area contributed by atoms with Gasteiger partial charge in [-0.2, -0.15) is 0 Å². The molecule has 0 radical (unpaired) electrons. The molecule has 0 saturated heterocycles. The van der Waals surface area contributed by atoms with Gasteiger partial charge in [0, 0.05) is 11.6 Å². The number of halogens is 1. The van der Waals surface area contributed by atoms with Crippen LogP contribution in [-0.2, 0) is 0 Å². The van der Waals surface area contributed by atoms with Gasteiger partial charge < -0.3 is 5.32 Å². The number of hydrogen-bond acceptors (Lipinski definition) is 1. The second-order valence-electron chi connectivity index (χ2n) is 5.77. The van der Waals surface area contributed by atoms with Crippen molar-refractivity contribution >= 4 is 0 Å². The molecule has 0 aromatic heterocycles. The van der Waals surface area contributed by atoms with E-state index in [4.69, 9.17) is 0 Å². The number of benzene rings is 1. The summed E-state index contributed by atoms with van der Waals surface area (Å²) < 4.78 is 14.1. The lowest BCUT2D eigenvalue weighted by Gasteiger charge is -2.35. The summed E-state index contributed by atoms with van der Waals surface area (Å²) in [4.78, 5) is 0. The van der Waals surface area contributed by atoms with E-state index >= 15 is 0 Å². The van der Waals surface area contributed by atoms with Crippen LogP contribution in [0.25, 0.3) is 0 Å². The monoisotopic (exact) mass is 249 g/mol. The van der Waals surface area contributed by atoms with Crippen LogP contribution in [0.5, 0.6) is 0 Å². The van der Waals surface area contributed by atoms with Gasteiger partial charge in [-0.25, -0.2) is 4.39 Å². The normalized spacial score (nSPS) is 19.9. The summed E-state index contributed by atoms with van der Waals surface area (Å²) >= 11 is 0. The Hall–Kier alpha value is -0.890. The summed E-state index contributed by atoms with van der Waals surface area (Å²) in [5.74, 6) is -0.0702. The van der Waals surface area contributed by atoms with Gasteiger partial charge in [0.2, 0.25) is 0 Å². The van der Waals surface area contributed by atoms with E-state index in [0.717, 1.165) is 18.5 Å². The SMILES string of the molecule is CCCNC(c1ccccc1F)C1(C)CCCC1. The maximum atomic E-state index is 14.1. The van der Waals surface area contributed by atoms with Crippen molar-refractivity contribution in [2.45, 2.75) is 52.0 Å². The Bertz CT molecular complexity index is 382. The van der Waals surface area contributed by atoms with Crippen molar-refractivity contribution in [1.29, 1.82) is 0 Å². The molecule has 100 valence electrons. The zero-order valence-corrected chi connectivity index (χ0v) is 11.5. The molecule has 0 aliphatic heterocycles. The zero-order valence-electron chi connectivity index (χ0n) is 11.5. The van der Waals surface area contributed by atoms with Crippen LogP contribution in [0.4, 0.5) is 4.39 Å². The first-order valence-corrected chi connectivity index (χ1v) is 7.15. The Kier molecular flexibility index (Phi) is 4.39. The minimum absolute atomic E-state index is 0.0702. The van der Waals surface area contributed by atoms with Crippen LogP contribution in [0.15, 0.2) is 24.3 Å². The van der Waals surface area contributed by atoms with Gasteiger partial charge in [0.1, 0.15) is 5.82 Å². The standard InChI is InChI=1S/C16H24FN/c1-3-12-18-15(16(2)10-6-7-11-16)13-8-4-5-9-14(13)17/h4-5,8-9,15,18H,3,6-7,10-12H2,1-2H3. The fourth-order valence-electron chi connectivity index (χ4n) is 3.20. The fraction of sp³-hybridized carbons (Fsp3) is 0.625. The zero-order chi connectivity index (χ0) is 13.0. The van der Waals surface area contributed by atoms with E-state index in [2.05, 4.69) is 19.2 Å². The molecule has 2 heteroatoms. The minimum Gasteiger partial charge on any atom is -0.309 e. The van der Waals surface area contributed by atoms with Crippen molar-refractivity contribution in [1.82, 2.24) is 5.32 Å². The highest BCUT2D eigenvalue weighted by Gasteiger charge is 2.38. The van der Waals surface area contributed by atoms with E-state index in [0.29, 0.717) is 0 Å². The van der Waals surface area contributed by atoms with Crippen molar-refractivity contribution in [2.24, 2.45) is 5.41 Å². The lowest BCUT2D eigenvalue weighted by atomic mass is 9.77. The van der Waals surface area contributed by atoms with E-state index < -0.39 is 0 Å². The first-order chi connectivity index (χ1) is 8.67. The Morgan fingerprint density at radius 3 is 2.56 bits per heavy atom. The molecule has 1 unspecified atom stereocenters. The van der Waals surface area contributed by atoms with Gasteiger partial charge in [-0.1, -0.05) is 44.9 Å². The molecular weight excluding hydrogens is 225 g/mol. The van der Waals surface area contributed by atoms with Crippen LogP contribution in [0.3, 0.4) is 0 Å². The van der Waals surface area contributed by atoms with E-state index in [1.54, 1.807) is 12.1 Å². The summed E-state index contributed by atoms with van der Waals surface area (Å²) in [5.41, 5.74) is 1.05. The van der Waals surface area contributed by atoms with Gasteiger partial charge in [0.25, 0.3) is 0 Å². The van der Waals surface area contributed by atoms with Gasteiger partial charge in [0.05, 0.1) is 0 Å². The second-order valence-corrected chi connectivity index (χ2v) is 5.77. The van der Waals surface area contributed by atoms with Crippen molar-refractivity contribution < 1.29 is 4.39 Å². The molecule has 1 aromatic rings. The third-order valence-electron chi connectivity index (χ3n) is 4.26. The molecule has 0 amide bonds. The van der Waals surface area contributed by atoms with Gasteiger partial charge in [-0.3, -0.25) is 0 Å². The van der Waals surface area contributed by atoms with E-state index in [1.807, 2.05) is 12.1 Å². The van der Waals surface area contributed by atoms with Gasteiger partial charge in [-0.15, -0.1) is 0 Å². The molecule has 1 saturated carbocycles. The molecule has 1 N–H and O–H groups in total. The molecule has 1 fully saturated rings. The number of rotatable bonds is 5. The van der Waals surface area contributed by atoms with E-state index in [9.17, 15) is 4.39 Å². The Labute approximate surface area is 110 Å². The van der Waals surface area contributed by atoms with Gasteiger partial charge >= 0.3 is 0 Å². The third kappa shape index (κ3) is 2.74. The summed E-state index contributed by atoms with van der Waals surface area (Å²) in [6.07, 6.45) is 6.02. The molecule has 1 nitrogen and oxygen atoms in total. The average Bonchev–Trinajstić information content (AvgIpc) is 2.80. The van der Waals surface area contributed by atoms with Crippen LogP contribution < -0.4 is 5.32 Å². The highest BCUT2D eigenvalue weighted by molar-refractivity contribution is 5.23.